The van der Waals surface area contributed by atoms with E-state index >= 15 is 0 Å². The van der Waals surface area contributed by atoms with Crippen LogP contribution in [-0.4, -0.2) is 26.4 Å². The van der Waals surface area contributed by atoms with Gasteiger partial charge >= 0.3 is 6.18 Å². The van der Waals surface area contributed by atoms with Gasteiger partial charge in [-0.05, 0) is 25.0 Å². The lowest BCUT2D eigenvalue weighted by Crippen LogP contribution is -2.36. The van der Waals surface area contributed by atoms with Gasteiger partial charge in [-0.15, -0.1) is 0 Å². The average molecular weight is 324 g/mol. The second-order valence-electron chi connectivity index (χ2n) is 5.57. The lowest BCUT2D eigenvalue weighted by Gasteiger charge is -2.27. The minimum atomic E-state index is -4.66. The fourth-order valence-electron chi connectivity index (χ4n) is 2.66. The van der Waals surface area contributed by atoms with Crippen LogP contribution < -0.4 is 5.56 Å². The van der Waals surface area contributed by atoms with Crippen LogP contribution in [0.4, 0.5) is 13.2 Å². The molecule has 0 bridgehead atoms. The second-order valence-corrected chi connectivity index (χ2v) is 5.57. The maximum absolute atomic E-state index is 12.8. The SMILES string of the molecule is Cc1cccnc1CN1CCc2c(nc(C(F)(F)F)[nH]c2=O)C1. The first kappa shape index (κ1) is 15.7. The van der Waals surface area contributed by atoms with Gasteiger partial charge in [0.1, 0.15) is 0 Å². The van der Waals surface area contributed by atoms with E-state index in [0.717, 1.165) is 11.3 Å². The summed E-state index contributed by atoms with van der Waals surface area (Å²) >= 11 is 0. The molecule has 1 aliphatic heterocycles. The number of nitrogens with zero attached hydrogens (tertiary/aromatic N) is 3. The van der Waals surface area contributed by atoms with Crippen LogP contribution in [0.1, 0.15) is 28.3 Å². The number of nitrogens with one attached hydrogen (secondary N) is 1. The lowest BCUT2D eigenvalue weighted by molar-refractivity contribution is -0.145. The van der Waals surface area contributed by atoms with Crippen molar-refractivity contribution in [1.29, 1.82) is 0 Å². The predicted octanol–water partition coefficient (Wildman–Crippen LogP) is 2.05. The van der Waals surface area contributed by atoms with E-state index < -0.39 is 17.6 Å². The Kier molecular flexibility index (Phi) is 3.93. The van der Waals surface area contributed by atoms with Crippen LogP contribution in [0.2, 0.25) is 0 Å². The van der Waals surface area contributed by atoms with E-state index in [9.17, 15) is 18.0 Å². The zero-order valence-corrected chi connectivity index (χ0v) is 12.4. The minimum absolute atomic E-state index is 0.195. The first-order valence-corrected chi connectivity index (χ1v) is 7.16. The van der Waals surface area contributed by atoms with E-state index in [1.54, 1.807) is 6.20 Å². The van der Waals surface area contributed by atoms with Crippen molar-refractivity contribution >= 4 is 0 Å². The van der Waals surface area contributed by atoms with Gasteiger partial charge in [0, 0.05) is 31.4 Å². The molecule has 0 saturated heterocycles. The molecule has 122 valence electrons. The van der Waals surface area contributed by atoms with Gasteiger partial charge < -0.3 is 4.98 Å². The number of hydrogen-bond donors (Lipinski definition) is 1. The third-order valence-corrected chi connectivity index (χ3v) is 3.91. The fraction of sp³-hybridized carbons (Fsp3) is 0.400. The normalized spacial score (nSPS) is 15.5. The zero-order valence-electron chi connectivity index (χ0n) is 12.4. The number of aromatic amines is 1. The number of pyridine rings is 1. The van der Waals surface area contributed by atoms with Crippen LogP contribution in [0.15, 0.2) is 23.1 Å². The molecule has 0 radical (unpaired) electrons. The van der Waals surface area contributed by atoms with Crippen molar-refractivity contribution in [3.8, 4) is 0 Å². The minimum Gasteiger partial charge on any atom is -0.303 e. The number of alkyl halides is 3. The third-order valence-electron chi connectivity index (χ3n) is 3.91. The van der Waals surface area contributed by atoms with E-state index in [4.69, 9.17) is 0 Å². The summed E-state index contributed by atoms with van der Waals surface area (Å²) in [6, 6.07) is 3.77. The second kappa shape index (κ2) is 5.77. The van der Waals surface area contributed by atoms with Crippen LogP contribution in [0.3, 0.4) is 0 Å². The molecule has 3 rings (SSSR count). The Balaban J connectivity index is 1.87. The molecule has 8 heteroatoms. The summed E-state index contributed by atoms with van der Waals surface area (Å²) in [5, 5.41) is 0. The van der Waals surface area contributed by atoms with Crippen molar-refractivity contribution in [2.24, 2.45) is 0 Å². The topological polar surface area (TPSA) is 61.9 Å². The monoisotopic (exact) mass is 324 g/mol. The molecule has 2 aromatic rings. The maximum Gasteiger partial charge on any atom is 0.449 e. The van der Waals surface area contributed by atoms with Crippen molar-refractivity contribution in [3.63, 3.8) is 0 Å². The number of hydrogen-bond acceptors (Lipinski definition) is 4. The highest BCUT2D eigenvalue weighted by molar-refractivity contribution is 5.23. The fourth-order valence-corrected chi connectivity index (χ4v) is 2.66. The molecule has 1 N–H and O–H groups in total. The summed E-state index contributed by atoms with van der Waals surface area (Å²) in [6.45, 7) is 3.24. The molecule has 5 nitrogen and oxygen atoms in total. The van der Waals surface area contributed by atoms with Gasteiger partial charge in [0.15, 0.2) is 0 Å². The highest BCUT2D eigenvalue weighted by Gasteiger charge is 2.36. The Bertz CT molecular complexity index is 785. The van der Waals surface area contributed by atoms with Crippen molar-refractivity contribution in [2.75, 3.05) is 6.54 Å². The number of H-pyrrole nitrogens is 1. The van der Waals surface area contributed by atoms with E-state index in [1.807, 2.05) is 28.9 Å². The quantitative estimate of drug-likeness (QED) is 0.918. The Labute approximate surface area is 130 Å². The van der Waals surface area contributed by atoms with Gasteiger partial charge in [-0.1, -0.05) is 6.07 Å². The first-order chi connectivity index (χ1) is 10.8. The number of rotatable bonds is 2. The molecule has 0 spiro atoms. The predicted molar refractivity (Wildman–Crippen MR) is 76.7 cm³/mol. The molecule has 0 aromatic carbocycles. The molecule has 0 aliphatic carbocycles. The van der Waals surface area contributed by atoms with Crippen molar-refractivity contribution < 1.29 is 13.2 Å². The molecule has 0 unspecified atom stereocenters. The molecular weight excluding hydrogens is 309 g/mol. The average Bonchev–Trinajstić information content (AvgIpc) is 2.48. The van der Waals surface area contributed by atoms with Gasteiger partial charge in [0.25, 0.3) is 5.56 Å². The van der Waals surface area contributed by atoms with Crippen LogP contribution in [0, 0.1) is 6.92 Å². The van der Waals surface area contributed by atoms with Gasteiger partial charge in [-0.25, -0.2) is 4.98 Å². The summed E-state index contributed by atoms with van der Waals surface area (Å²) in [5.74, 6) is -1.24. The maximum atomic E-state index is 12.8. The molecule has 0 atom stereocenters. The van der Waals surface area contributed by atoms with E-state index in [-0.39, 0.29) is 12.2 Å². The Hall–Kier alpha value is -2.22. The van der Waals surface area contributed by atoms with Crippen molar-refractivity contribution in [3.05, 3.63) is 57.0 Å². The largest absolute Gasteiger partial charge is 0.449 e. The van der Waals surface area contributed by atoms with Crippen molar-refractivity contribution in [2.45, 2.75) is 32.6 Å². The highest BCUT2D eigenvalue weighted by atomic mass is 19.4. The van der Waals surface area contributed by atoms with Gasteiger partial charge in [-0.2, -0.15) is 13.2 Å². The number of fused-ring (bicyclic) bond motifs is 1. The molecule has 23 heavy (non-hydrogen) atoms. The van der Waals surface area contributed by atoms with Gasteiger partial charge in [0.2, 0.25) is 5.82 Å². The van der Waals surface area contributed by atoms with Crippen molar-refractivity contribution in [1.82, 2.24) is 19.9 Å². The third kappa shape index (κ3) is 3.26. The van der Waals surface area contributed by atoms with Crippen LogP contribution in [0.5, 0.6) is 0 Å². The summed E-state index contributed by atoms with van der Waals surface area (Å²) in [5.41, 5.74) is 1.73. The van der Waals surface area contributed by atoms with E-state index in [1.165, 1.54) is 0 Å². The molecule has 1 aliphatic rings. The highest BCUT2D eigenvalue weighted by Crippen LogP contribution is 2.26. The molecule has 3 heterocycles. The first-order valence-electron chi connectivity index (χ1n) is 7.16. The number of halogens is 3. The molecular formula is C15H15F3N4O. The molecule has 0 amide bonds. The van der Waals surface area contributed by atoms with E-state index in [0.29, 0.717) is 25.1 Å². The molecule has 0 saturated carbocycles. The van der Waals surface area contributed by atoms with E-state index in [2.05, 4.69) is 9.97 Å². The summed E-state index contributed by atoms with van der Waals surface area (Å²) < 4.78 is 38.3. The summed E-state index contributed by atoms with van der Waals surface area (Å²) in [6.07, 6.45) is -2.60. The summed E-state index contributed by atoms with van der Waals surface area (Å²) in [4.78, 5) is 23.5. The molecule has 2 aromatic heterocycles. The standard InChI is InChI=1S/C15H15F3N4O/c1-9-3-2-5-19-11(9)7-22-6-4-10-12(8-22)20-14(15(16,17)18)21-13(10)23/h2-3,5H,4,6-8H2,1H3,(H,20,21,23). The Morgan fingerprint density at radius 2 is 2.17 bits per heavy atom. The Morgan fingerprint density at radius 3 is 2.87 bits per heavy atom. The lowest BCUT2D eigenvalue weighted by atomic mass is 10.1. The van der Waals surface area contributed by atoms with Gasteiger partial charge in [0.05, 0.1) is 11.4 Å². The smallest absolute Gasteiger partial charge is 0.303 e. The number of aryl methyl sites for hydroxylation is 1. The Morgan fingerprint density at radius 1 is 1.39 bits per heavy atom. The molecule has 0 fully saturated rings. The van der Waals surface area contributed by atoms with Crippen LogP contribution in [0.25, 0.3) is 0 Å². The van der Waals surface area contributed by atoms with Crippen LogP contribution in [-0.2, 0) is 25.7 Å². The van der Waals surface area contributed by atoms with Gasteiger partial charge in [-0.3, -0.25) is 14.7 Å². The van der Waals surface area contributed by atoms with Crippen LogP contribution >= 0.6 is 0 Å². The number of aromatic nitrogens is 3. The zero-order chi connectivity index (χ0) is 16.6. The summed E-state index contributed by atoms with van der Waals surface area (Å²) in [7, 11) is 0.